The number of alkyl halides is 1. The zero-order valence-electron chi connectivity index (χ0n) is 10.8. The molecule has 0 saturated carbocycles. The Hall–Kier alpha value is -0.530. The molecule has 0 amide bonds. The van der Waals surface area contributed by atoms with Crippen molar-refractivity contribution in [2.24, 2.45) is 5.92 Å². The van der Waals surface area contributed by atoms with Crippen molar-refractivity contribution in [1.29, 1.82) is 0 Å². The monoisotopic (exact) mass is 324 g/mol. The van der Waals surface area contributed by atoms with Gasteiger partial charge in [-0.2, -0.15) is 0 Å². The lowest BCUT2D eigenvalue weighted by Gasteiger charge is -2.15. The molecule has 96 valence electrons. The van der Waals surface area contributed by atoms with Gasteiger partial charge in [0.15, 0.2) is 0 Å². The van der Waals surface area contributed by atoms with Gasteiger partial charge in [-0.05, 0) is 35.8 Å². The maximum absolute atomic E-state index is 6.25. The van der Waals surface area contributed by atoms with Gasteiger partial charge in [0.2, 0.25) is 0 Å². The van der Waals surface area contributed by atoms with Crippen molar-refractivity contribution >= 4 is 38.3 Å². The first-order valence-electron chi connectivity index (χ1n) is 6.41. The quantitative estimate of drug-likeness (QED) is 0.573. The van der Waals surface area contributed by atoms with Crippen LogP contribution in [-0.4, -0.2) is 0 Å². The fourth-order valence-corrected chi connectivity index (χ4v) is 3.09. The molecule has 1 unspecified atom stereocenters. The number of hydrogen-bond donors (Lipinski definition) is 0. The lowest BCUT2D eigenvalue weighted by Crippen LogP contribution is -1.95. The Labute approximate surface area is 122 Å². The molecule has 0 radical (unpaired) electrons. The number of benzene rings is 2. The normalized spacial score (nSPS) is 13.2. The van der Waals surface area contributed by atoms with E-state index in [0.717, 1.165) is 22.7 Å². The summed E-state index contributed by atoms with van der Waals surface area (Å²) in [4.78, 5) is 0.405. The van der Waals surface area contributed by atoms with Crippen LogP contribution in [0.2, 0.25) is 5.02 Å². The first-order valence-corrected chi connectivity index (χ1v) is 7.70. The van der Waals surface area contributed by atoms with E-state index in [1.54, 1.807) is 0 Å². The Balaban J connectivity index is 2.36. The summed E-state index contributed by atoms with van der Waals surface area (Å²) in [7, 11) is 0. The van der Waals surface area contributed by atoms with Gasteiger partial charge in [-0.1, -0.05) is 71.7 Å². The van der Waals surface area contributed by atoms with E-state index in [1.165, 1.54) is 17.4 Å². The molecule has 0 saturated heterocycles. The van der Waals surface area contributed by atoms with Gasteiger partial charge in [0.1, 0.15) is 0 Å². The molecule has 2 aromatic rings. The molecule has 2 rings (SSSR count). The van der Waals surface area contributed by atoms with Crippen molar-refractivity contribution in [3.8, 4) is 0 Å². The standard InChI is InChI=1S/C16H18BrCl/c1-11(2)7-9-15(17)13-8-10-16(18)14-6-4-3-5-12(13)14/h3-6,8,10-11,15H,7,9H2,1-2H3. The molecule has 0 nitrogen and oxygen atoms in total. The number of hydrogen-bond acceptors (Lipinski definition) is 0. The zero-order chi connectivity index (χ0) is 13.1. The van der Waals surface area contributed by atoms with Gasteiger partial charge >= 0.3 is 0 Å². The molecule has 2 aromatic carbocycles. The minimum atomic E-state index is 0.405. The largest absolute Gasteiger partial charge is 0.0839 e. The van der Waals surface area contributed by atoms with E-state index >= 15 is 0 Å². The molecule has 0 aromatic heterocycles. The third kappa shape index (κ3) is 3.07. The fourth-order valence-electron chi connectivity index (χ4n) is 2.19. The van der Waals surface area contributed by atoms with Crippen LogP contribution in [0.1, 0.15) is 37.1 Å². The molecule has 0 fully saturated rings. The maximum atomic E-state index is 6.25. The van der Waals surface area contributed by atoms with Gasteiger partial charge in [-0.15, -0.1) is 0 Å². The molecule has 18 heavy (non-hydrogen) atoms. The molecule has 1 atom stereocenters. The van der Waals surface area contributed by atoms with Crippen molar-refractivity contribution < 1.29 is 0 Å². The van der Waals surface area contributed by atoms with Crippen molar-refractivity contribution in [3.63, 3.8) is 0 Å². The first-order chi connectivity index (χ1) is 8.59. The van der Waals surface area contributed by atoms with Crippen LogP contribution in [0.15, 0.2) is 36.4 Å². The number of fused-ring (bicyclic) bond motifs is 1. The fraction of sp³-hybridized carbons (Fsp3) is 0.375. The van der Waals surface area contributed by atoms with Crippen LogP contribution >= 0.6 is 27.5 Å². The molecular weight excluding hydrogens is 308 g/mol. The molecule has 0 bridgehead atoms. The minimum absolute atomic E-state index is 0.405. The summed E-state index contributed by atoms with van der Waals surface area (Å²) in [6.07, 6.45) is 2.39. The third-order valence-electron chi connectivity index (χ3n) is 3.24. The van der Waals surface area contributed by atoms with E-state index < -0.39 is 0 Å². The van der Waals surface area contributed by atoms with Gasteiger partial charge in [0.25, 0.3) is 0 Å². The topological polar surface area (TPSA) is 0 Å². The van der Waals surface area contributed by atoms with Gasteiger partial charge in [0, 0.05) is 15.2 Å². The van der Waals surface area contributed by atoms with Crippen LogP contribution in [0, 0.1) is 5.92 Å². The summed E-state index contributed by atoms with van der Waals surface area (Å²) in [6, 6.07) is 12.5. The van der Waals surface area contributed by atoms with Crippen molar-refractivity contribution in [2.75, 3.05) is 0 Å². The van der Waals surface area contributed by atoms with E-state index in [0.29, 0.717) is 4.83 Å². The Bertz CT molecular complexity index is 534. The summed E-state index contributed by atoms with van der Waals surface area (Å²) in [5.41, 5.74) is 1.34. The van der Waals surface area contributed by atoms with Crippen molar-refractivity contribution in [3.05, 3.63) is 47.0 Å². The van der Waals surface area contributed by atoms with E-state index in [1.807, 2.05) is 12.1 Å². The predicted octanol–water partition coefficient (Wildman–Crippen LogP) is 6.37. The van der Waals surface area contributed by atoms with Gasteiger partial charge < -0.3 is 0 Å². The first kappa shape index (κ1) is 13.9. The Morgan fingerprint density at radius 1 is 1.00 bits per heavy atom. The lowest BCUT2D eigenvalue weighted by atomic mass is 9.98. The average Bonchev–Trinajstić information content (AvgIpc) is 2.37. The van der Waals surface area contributed by atoms with Crippen LogP contribution in [0.3, 0.4) is 0 Å². The highest BCUT2D eigenvalue weighted by atomic mass is 79.9. The van der Waals surface area contributed by atoms with E-state index in [2.05, 4.69) is 54.0 Å². The highest BCUT2D eigenvalue weighted by Crippen LogP contribution is 2.36. The Morgan fingerprint density at radius 3 is 2.33 bits per heavy atom. The highest BCUT2D eigenvalue weighted by molar-refractivity contribution is 9.09. The smallest absolute Gasteiger partial charge is 0.0484 e. The summed E-state index contributed by atoms with van der Waals surface area (Å²) in [6.45, 7) is 4.53. The Kier molecular flexibility index (Phi) is 4.69. The van der Waals surface area contributed by atoms with E-state index in [4.69, 9.17) is 11.6 Å². The molecule has 0 N–H and O–H groups in total. The number of rotatable bonds is 4. The molecule has 0 aliphatic carbocycles. The summed E-state index contributed by atoms with van der Waals surface area (Å²) in [5, 5.41) is 3.24. The molecule has 0 aliphatic heterocycles. The lowest BCUT2D eigenvalue weighted by molar-refractivity contribution is 0.555. The summed E-state index contributed by atoms with van der Waals surface area (Å²) in [5.74, 6) is 0.739. The molecule has 2 heteroatoms. The average molecular weight is 326 g/mol. The van der Waals surface area contributed by atoms with Crippen molar-refractivity contribution in [1.82, 2.24) is 0 Å². The minimum Gasteiger partial charge on any atom is -0.0839 e. The second-order valence-electron chi connectivity index (χ2n) is 5.12. The second-order valence-corrected chi connectivity index (χ2v) is 6.63. The van der Waals surface area contributed by atoms with Crippen LogP contribution in [0.4, 0.5) is 0 Å². The predicted molar refractivity (Wildman–Crippen MR) is 84.7 cm³/mol. The summed E-state index contributed by atoms with van der Waals surface area (Å²) >= 11 is 10.1. The van der Waals surface area contributed by atoms with Gasteiger partial charge in [-0.25, -0.2) is 0 Å². The Morgan fingerprint density at radius 2 is 1.67 bits per heavy atom. The summed E-state index contributed by atoms with van der Waals surface area (Å²) < 4.78 is 0. The highest BCUT2D eigenvalue weighted by Gasteiger charge is 2.12. The van der Waals surface area contributed by atoms with Crippen LogP contribution in [0.5, 0.6) is 0 Å². The zero-order valence-corrected chi connectivity index (χ0v) is 13.1. The molecular formula is C16H18BrCl. The maximum Gasteiger partial charge on any atom is 0.0484 e. The van der Waals surface area contributed by atoms with Crippen LogP contribution < -0.4 is 0 Å². The van der Waals surface area contributed by atoms with E-state index in [9.17, 15) is 0 Å². The van der Waals surface area contributed by atoms with Gasteiger partial charge in [0.05, 0.1) is 0 Å². The second kappa shape index (κ2) is 6.08. The van der Waals surface area contributed by atoms with E-state index in [-0.39, 0.29) is 0 Å². The molecule has 0 aliphatic rings. The third-order valence-corrected chi connectivity index (χ3v) is 4.52. The SMILES string of the molecule is CC(C)CCC(Br)c1ccc(Cl)c2ccccc12. The van der Waals surface area contributed by atoms with Crippen LogP contribution in [-0.2, 0) is 0 Å². The van der Waals surface area contributed by atoms with Crippen molar-refractivity contribution in [2.45, 2.75) is 31.5 Å². The van der Waals surface area contributed by atoms with Gasteiger partial charge in [-0.3, -0.25) is 0 Å². The van der Waals surface area contributed by atoms with Crippen LogP contribution in [0.25, 0.3) is 10.8 Å². The number of halogens is 2. The molecule has 0 spiro atoms. The molecule has 0 heterocycles.